The van der Waals surface area contributed by atoms with Crippen LogP contribution < -0.4 is 10.6 Å². The highest BCUT2D eigenvalue weighted by Gasteiger charge is 2.26. The first-order valence-electron chi connectivity index (χ1n) is 14.8. The molecule has 45 heavy (non-hydrogen) atoms. The van der Waals surface area contributed by atoms with Gasteiger partial charge in [0, 0.05) is 5.56 Å². The van der Waals surface area contributed by atoms with Crippen molar-refractivity contribution in [1.29, 1.82) is 0 Å². The minimum atomic E-state index is -0.932. The Labute approximate surface area is 260 Å². The van der Waals surface area contributed by atoms with Gasteiger partial charge in [0.2, 0.25) is 5.91 Å². The fourth-order valence-electron chi connectivity index (χ4n) is 5.52. The van der Waals surface area contributed by atoms with Crippen LogP contribution in [0.15, 0.2) is 79.4 Å². The van der Waals surface area contributed by atoms with Crippen LogP contribution in [0.2, 0.25) is 0 Å². The lowest BCUT2D eigenvalue weighted by Crippen LogP contribution is -2.41. The lowest BCUT2D eigenvalue weighted by atomic mass is 10.1. The summed E-state index contributed by atoms with van der Waals surface area (Å²) in [4.78, 5) is 52.4. The van der Waals surface area contributed by atoms with Gasteiger partial charge < -0.3 is 25.3 Å². The maximum Gasteiger partial charge on any atom is 0.407 e. The molecule has 1 saturated heterocycles. The number of aromatic amines is 2. The molecule has 12 heteroatoms. The Kier molecular flexibility index (Phi) is 8.65. The number of alkyl carbamates (subject to hydrolysis) is 1. The van der Waals surface area contributed by atoms with Crippen LogP contribution in [0, 0.1) is 0 Å². The van der Waals surface area contributed by atoms with Crippen LogP contribution in [0.25, 0.3) is 33.9 Å². The largest absolute Gasteiger partial charge is 0.453 e. The number of amides is 2. The molecule has 2 amide bonds. The monoisotopic (exact) mass is 605 g/mol. The first-order valence-corrected chi connectivity index (χ1v) is 14.8. The van der Waals surface area contributed by atoms with Gasteiger partial charge in [0.1, 0.15) is 23.4 Å². The number of benzene rings is 2. The molecule has 12 nitrogen and oxygen atoms in total. The average molecular weight is 606 g/mol. The van der Waals surface area contributed by atoms with E-state index < -0.39 is 24.1 Å². The number of nitrogens with one attached hydrogen (secondary N) is 4. The zero-order valence-electron chi connectivity index (χ0n) is 25.3. The van der Waals surface area contributed by atoms with Crippen LogP contribution in [-0.4, -0.2) is 67.5 Å². The normalized spacial score (nSPS) is 16.2. The van der Waals surface area contributed by atoms with Crippen LogP contribution in [0.4, 0.5) is 4.79 Å². The Balaban J connectivity index is 1.10. The first-order chi connectivity index (χ1) is 21.9. The standard InChI is InChI=1S/C33H35N9O3/c1-20(38-32(43)29(41-33(44)45-3)23-8-5-4-6-9-23)30-36-19-27(40-30)26-18-34-24(16-35-26)21-11-13-22(14-12-21)25-17-37-31(39-25)28-10-7-15-42(28)2/h4-6,8-9,11-14,16-20,28-29H,7,10,15H2,1-3H3,(H,36,40)(H,37,39)(H,38,43)(H,41,44)/t20-,28-,29+/m0/s1. The molecule has 2 aromatic carbocycles. The number of likely N-dealkylation sites (tertiary alicyclic amines) is 1. The number of H-pyrrole nitrogens is 2. The predicted molar refractivity (Wildman–Crippen MR) is 169 cm³/mol. The van der Waals surface area contributed by atoms with E-state index in [1.807, 2.05) is 24.4 Å². The molecule has 3 aromatic heterocycles. The molecule has 0 aliphatic carbocycles. The SMILES string of the molecule is COC(=O)N[C@@H](C(=O)N[C@@H](C)c1ncc(-c2cnc(-c3ccc(-c4cnc([C@@H]5CCCN5C)[nH]4)cc3)cn2)[nH]1)c1ccccc1. The average Bonchev–Trinajstić information content (AvgIpc) is 3.85. The topological polar surface area (TPSA) is 154 Å². The summed E-state index contributed by atoms with van der Waals surface area (Å²) in [5.74, 6) is 1.15. The minimum absolute atomic E-state index is 0.349. The van der Waals surface area contributed by atoms with Crippen molar-refractivity contribution in [3.63, 3.8) is 0 Å². The van der Waals surface area contributed by atoms with E-state index in [4.69, 9.17) is 4.74 Å². The van der Waals surface area contributed by atoms with Crippen molar-refractivity contribution < 1.29 is 14.3 Å². The lowest BCUT2D eigenvalue weighted by Gasteiger charge is -2.20. The number of hydrogen-bond acceptors (Lipinski definition) is 8. The van der Waals surface area contributed by atoms with E-state index in [1.165, 1.54) is 13.5 Å². The van der Waals surface area contributed by atoms with Gasteiger partial charge >= 0.3 is 6.09 Å². The molecule has 0 saturated carbocycles. The molecular weight excluding hydrogens is 570 g/mol. The van der Waals surface area contributed by atoms with Crippen molar-refractivity contribution in [3.05, 3.63) is 96.6 Å². The quantitative estimate of drug-likeness (QED) is 0.184. The third-order valence-electron chi connectivity index (χ3n) is 8.06. The molecule has 1 aliphatic rings. The van der Waals surface area contributed by atoms with E-state index in [2.05, 4.69) is 64.6 Å². The van der Waals surface area contributed by atoms with Crippen molar-refractivity contribution in [2.45, 2.75) is 37.9 Å². The smallest absolute Gasteiger partial charge is 0.407 e. The fourth-order valence-corrected chi connectivity index (χ4v) is 5.52. The number of rotatable bonds is 9. The molecule has 0 bridgehead atoms. The second kappa shape index (κ2) is 13.1. The van der Waals surface area contributed by atoms with Gasteiger partial charge in [-0.15, -0.1) is 0 Å². The highest BCUT2D eigenvalue weighted by Crippen LogP contribution is 2.30. The van der Waals surface area contributed by atoms with Gasteiger partial charge in [0.15, 0.2) is 0 Å². The van der Waals surface area contributed by atoms with Gasteiger partial charge in [-0.05, 0) is 44.5 Å². The second-order valence-corrected chi connectivity index (χ2v) is 11.1. The maximum absolute atomic E-state index is 13.1. The number of methoxy groups -OCH3 is 1. The predicted octanol–water partition coefficient (Wildman–Crippen LogP) is 4.97. The molecule has 4 heterocycles. The van der Waals surface area contributed by atoms with Crippen molar-refractivity contribution in [3.8, 4) is 33.9 Å². The Morgan fingerprint density at radius 3 is 2.27 bits per heavy atom. The van der Waals surface area contributed by atoms with Gasteiger partial charge in [-0.1, -0.05) is 54.6 Å². The number of ether oxygens (including phenoxy) is 1. The zero-order chi connectivity index (χ0) is 31.3. The number of carbonyl (C=O) groups is 2. The summed E-state index contributed by atoms with van der Waals surface area (Å²) in [5, 5.41) is 5.49. The molecule has 0 spiro atoms. The van der Waals surface area contributed by atoms with Gasteiger partial charge in [0.05, 0.1) is 61.1 Å². The molecular formula is C33H35N9O3. The number of carbonyl (C=O) groups excluding carboxylic acids is 2. The maximum atomic E-state index is 13.1. The molecule has 230 valence electrons. The number of aromatic nitrogens is 6. The van der Waals surface area contributed by atoms with E-state index in [0.29, 0.717) is 28.8 Å². The van der Waals surface area contributed by atoms with Crippen LogP contribution in [0.3, 0.4) is 0 Å². The Hall–Kier alpha value is -5.36. The summed E-state index contributed by atoms with van der Waals surface area (Å²) in [5.41, 5.74) is 5.65. The van der Waals surface area contributed by atoms with Crippen molar-refractivity contribution in [2.24, 2.45) is 0 Å². The number of hydrogen-bond donors (Lipinski definition) is 4. The Morgan fingerprint density at radius 2 is 1.58 bits per heavy atom. The zero-order valence-corrected chi connectivity index (χ0v) is 25.3. The summed E-state index contributed by atoms with van der Waals surface area (Å²) in [7, 11) is 3.39. The Morgan fingerprint density at radius 1 is 0.867 bits per heavy atom. The molecule has 4 N–H and O–H groups in total. The summed E-state index contributed by atoms with van der Waals surface area (Å²) >= 11 is 0. The Bertz CT molecular complexity index is 1750. The molecule has 1 fully saturated rings. The van der Waals surface area contributed by atoms with Gasteiger partial charge in [0.25, 0.3) is 0 Å². The molecule has 5 aromatic rings. The molecule has 0 unspecified atom stereocenters. The van der Waals surface area contributed by atoms with Gasteiger partial charge in [-0.3, -0.25) is 19.7 Å². The summed E-state index contributed by atoms with van der Waals surface area (Å²) in [6.45, 7) is 2.90. The van der Waals surface area contributed by atoms with E-state index in [0.717, 1.165) is 41.3 Å². The summed E-state index contributed by atoms with van der Waals surface area (Å²) in [6, 6.07) is 16.1. The molecule has 3 atom stereocenters. The third kappa shape index (κ3) is 6.60. The highest BCUT2D eigenvalue weighted by molar-refractivity contribution is 5.87. The molecule has 1 aliphatic heterocycles. The van der Waals surface area contributed by atoms with E-state index in [1.54, 1.807) is 49.8 Å². The van der Waals surface area contributed by atoms with Gasteiger partial charge in [-0.2, -0.15) is 0 Å². The van der Waals surface area contributed by atoms with E-state index in [9.17, 15) is 9.59 Å². The third-order valence-corrected chi connectivity index (χ3v) is 8.06. The second-order valence-electron chi connectivity index (χ2n) is 11.1. The summed E-state index contributed by atoms with van der Waals surface area (Å²) < 4.78 is 4.71. The minimum Gasteiger partial charge on any atom is -0.453 e. The molecule has 0 radical (unpaired) electrons. The van der Waals surface area contributed by atoms with E-state index in [-0.39, 0.29) is 0 Å². The molecule has 6 rings (SSSR count). The van der Waals surface area contributed by atoms with Crippen LogP contribution in [0.1, 0.15) is 55.1 Å². The summed E-state index contributed by atoms with van der Waals surface area (Å²) in [6.07, 6.45) is 8.58. The van der Waals surface area contributed by atoms with Crippen LogP contribution in [-0.2, 0) is 9.53 Å². The fraction of sp³-hybridized carbons (Fsp3) is 0.273. The highest BCUT2D eigenvalue weighted by atomic mass is 16.5. The van der Waals surface area contributed by atoms with Crippen LogP contribution >= 0.6 is 0 Å². The number of imidazole rings is 2. The number of nitrogens with zero attached hydrogens (tertiary/aromatic N) is 5. The first kappa shape index (κ1) is 29.7. The van der Waals surface area contributed by atoms with Crippen LogP contribution in [0.5, 0.6) is 0 Å². The van der Waals surface area contributed by atoms with Gasteiger partial charge in [-0.25, -0.2) is 14.8 Å². The van der Waals surface area contributed by atoms with E-state index >= 15 is 0 Å². The van der Waals surface area contributed by atoms with Crippen molar-refractivity contribution >= 4 is 12.0 Å². The van der Waals surface area contributed by atoms with Crippen molar-refractivity contribution in [2.75, 3.05) is 20.7 Å². The lowest BCUT2D eigenvalue weighted by molar-refractivity contribution is -0.123. The van der Waals surface area contributed by atoms with Crippen molar-refractivity contribution in [1.82, 2.24) is 45.4 Å².